The Morgan fingerprint density at radius 3 is 2.77 bits per heavy atom. The third-order valence-electron chi connectivity index (χ3n) is 4.16. The second kappa shape index (κ2) is 6.18. The van der Waals surface area contributed by atoms with Crippen LogP contribution in [0.15, 0.2) is 42.6 Å². The maximum absolute atomic E-state index is 12.7. The van der Waals surface area contributed by atoms with Crippen LogP contribution in [0.3, 0.4) is 0 Å². The van der Waals surface area contributed by atoms with Crippen LogP contribution >= 0.6 is 0 Å². The van der Waals surface area contributed by atoms with Gasteiger partial charge < -0.3 is 9.64 Å². The molecule has 1 unspecified atom stereocenters. The van der Waals surface area contributed by atoms with Gasteiger partial charge in [-0.25, -0.2) is 4.98 Å². The van der Waals surface area contributed by atoms with Crippen LogP contribution in [0.2, 0.25) is 0 Å². The number of carbonyl (C=O) groups excluding carboxylic acids is 1. The van der Waals surface area contributed by atoms with Crippen molar-refractivity contribution >= 4 is 5.91 Å². The molecule has 0 saturated carbocycles. The number of aromatic nitrogens is 1. The summed E-state index contributed by atoms with van der Waals surface area (Å²) in [7, 11) is 1.62. The number of aryl methyl sites for hydroxylation is 1. The van der Waals surface area contributed by atoms with E-state index in [0.29, 0.717) is 5.88 Å². The lowest BCUT2D eigenvalue weighted by atomic mass is 10.0. The van der Waals surface area contributed by atoms with Gasteiger partial charge in [-0.2, -0.15) is 0 Å². The van der Waals surface area contributed by atoms with Crippen molar-refractivity contribution in [3.8, 4) is 5.88 Å². The zero-order valence-electron chi connectivity index (χ0n) is 13.0. The number of ether oxygens (including phenoxy) is 1. The number of nitrogens with zero attached hydrogens (tertiary/aromatic N) is 2. The van der Waals surface area contributed by atoms with E-state index >= 15 is 0 Å². The minimum absolute atomic E-state index is 0.0940. The largest absolute Gasteiger partial charge is 0.481 e. The van der Waals surface area contributed by atoms with Gasteiger partial charge in [-0.3, -0.25) is 4.79 Å². The molecular weight excluding hydrogens is 276 g/mol. The van der Waals surface area contributed by atoms with E-state index in [-0.39, 0.29) is 11.9 Å². The number of hydrogen-bond acceptors (Lipinski definition) is 3. The summed E-state index contributed by atoms with van der Waals surface area (Å²) in [6.07, 6.45) is 3.83. The van der Waals surface area contributed by atoms with Gasteiger partial charge in [0.1, 0.15) is 0 Å². The maximum atomic E-state index is 12.7. The first-order valence-electron chi connectivity index (χ1n) is 7.57. The minimum Gasteiger partial charge on any atom is -0.481 e. The van der Waals surface area contributed by atoms with Gasteiger partial charge in [0.2, 0.25) is 5.88 Å². The fourth-order valence-corrected chi connectivity index (χ4v) is 3.08. The van der Waals surface area contributed by atoms with Gasteiger partial charge in [0.15, 0.2) is 0 Å². The molecule has 1 saturated heterocycles. The van der Waals surface area contributed by atoms with Gasteiger partial charge in [0.05, 0.1) is 13.2 Å². The van der Waals surface area contributed by atoms with Crippen LogP contribution in [0.1, 0.15) is 40.4 Å². The average Bonchev–Trinajstić information content (AvgIpc) is 3.04. The van der Waals surface area contributed by atoms with E-state index in [1.807, 2.05) is 48.4 Å². The fraction of sp³-hybridized carbons (Fsp3) is 0.333. The lowest BCUT2D eigenvalue weighted by Gasteiger charge is -2.25. The molecule has 1 aliphatic rings. The maximum Gasteiger partial charge on any atom is 0.254 e. The molecule has 0 spiro atoms. The molecule has 4 heteroatoms. The first-order valence-corrected chi connectivity index (χ1v) is 7.57. The van der Waals surface area contributed by atoms with Gasteiger partial charge in [0.25, 0.3) is 5.91 Å². The molecule has 2 heterocycles. The Kier molecular flexibility index (Phi) is 4.09. The van der Waals surface area contributed by atoms with E-state index in [1.165, 1.54) is 0 Å². The predicted octanol–water partition coefficient (Wildman–Crippen LogP) is 3.38. The lowest BCUT2D eigenvalue weighted by molar-refractivity contribution is 0.0735. The Hall–Kier alpha value is -2.36. The number of methoxy groups -OCH3 is 1. The Balaban J connectivity index is 1.87. The van der Waals surface area contributed by atoms with E-state index < -0.39 is 0 Å². The van der Waals surface area contributed by atoms with Gasteiger partial charge in [0, 0.05) is 23.9 Å². The molecule has 0 aliphatic carbocycles. The van der Waals surface area contributed by atoms with Crippen LogP contribution < -0.4 is 4.74 Å². The van der Waals surface area contributed by atoms with Crippen molar-refractivity contribution in [1.82, 2.24) is 9.88 Å². The van der Waals surface area contributed by atoms with Crippen LogP contribution in [-0.2, 0) is 0 Å². The SMILES string of the molecule is COc1ncc(C2CCCN2C(=O)c2ccccc2)cc1C. The smallest absolute Gasteiger partial charge is 0.254 e. The number of pyridine rings is 1. The Morgan fingerprint density at radius 2 is 2.09 bits per heavy atom. The van der Waals surface area contributed by atoms with Crippen molar-refractivity contribution in [3.05, 3.63) is 59.3 Å². The Bertz CT molecular complexity index is 670. The molecular formula is C18H20N2O2. The summed E-state index contributed by atoms with van der Waals surface area (Å²) >= 11 is 0. The van der Waals surface area contributed by atoms with Crippen molar-refractivity contribution in [2.45, 2.75) is 25.8 Å². The molecule has 0 radical (unpaired) electrons. The van der Waals surface area contributed by atoms with Crippen molar-refractivity contribution in [2.75, 3.05) is 13.7 Å². The van der Waals surface area contributed by atoms with E-state index in [1.54, 1.807) is 7.11 Å². The third kappa shape index (κ3) is 2.69. The van der Waals surface area contributed by atoms with Gasteiger partial charge >= 0.3 is 0 Å². The highest BCUT2D eigenvalue weighted by atomic mass is 16.5. The number of amides is 1. The van der Waals surface area contributed by atoms with Crippen molar-refractivity contribution in [3.63, 3.8) is 0 Å². The van der Waals surface area contributed by atoms with Crippen LogP contribution in [0.25, 0.3) is 0 Å². The normalized spacial score (nSPS) is 17.5. The summed E-state index contributed by atoms with van der Waals surface area (Å²) in [5.74, 6) is 0.735. The van der Waals surface area contributed by atoms with E-state index in [9.17, 15) is 4.79 Å². The molecule has 1 fully saturated rings. The summed E-state index contributed by atoms with van der Waals surface area (Å²) < 4.78 is 5.21. The predicted molar refractivity (Wildman–Crippen MR) is 85.0 cm³/mol. The number of likely N-dealkylation sites (tertiary alicyclic amines) is 1. The van der Waals surface area contributed by atoms with E-state index in [0.717, 1.165) is 36.1 Å². The molecule has 0 N–H and O–H groups in total. The molecule has 22 heavy (non-hydrogen) atoms. The summed E-state index contributed by atoms with van der Waals surface area (Å²) in [5.41, 5.74) is 2.83. The Labute approximate surface area is 130 Å². The zero-order valence-corrected chi connectivity index (χ0v) is 13.0. The standard InChI is InChI=1S/C18H20N2O2/c1-13-11-15(12-19-17(13)22-2)16-9-6-10-20(16)18(21)14-7-4-3-5-8-14/h3-5,7-8,11-12,16H,6,9-10H2,1-2H3. The summed E-state index contributed by atoms with van der Waals surface area (Å²) in [4.78, 5) is 19.0. The molecule has 0 bridgehead atoms. The monoisotopic (exact) mass is 296 g/mol. The van der Waals surface area contributed by atoms with Crippen LogP contribution in [-0.4, -0.2) is 29.4 Å². The molecule has 114 valence electrons. The molecule has 2 aromatic rings. The van der Waals surface area contributed by atoms with Crippen LogP contribution in [0.4, 0.5) is 0 Å². The van der Waals surface area contributed by atoms with E-state index in [2.05, 4.69) is 11.1 Å². The van der Waals surface area contributed by atoms with Crippen molar-refractivity contribution in [2.24, 2.45) is 0 Å². The number of benzene rings is 1. The quantitative estimate of drug-likeness (QED) is 0.872. The van der Waals surface area contributed by atoms with Crippen LogP contribution in [0.5, 0.6) is 5.88 Å². The Morgan fingerprint density at radius 1 is 1.32 bits per heavy atom. The molecule has 1 aliphatic heterocycles. The van der Waals surface area contributed by atoms with E-state index in [4.69, 9.17) is 4.74 Å². The number of rotatable bonds is 3. The van der Waals surface area contributed by atoms with Gasteiger partial charge in [-0.15, -0.1) is 0 Å². The first kappa shape index (κ1) is 14.6. The molecule has 1 atom stereocenters. The summed E-state index contributed by atoms with van der Waals surface area (Å²) in [5, 5.41) is 0. The van der Waals surface area contributed by atoms with Gasteiger partial charge in [-0.05, 0) is 43.5 Å². The number of carbonyl (C=O) groups is 1. The lowest BCUT2D eigenvalue weighted by Crippen LogP contribution is -2.30. The highest BCUT2D eigenvalue weighted by molar-refractivity contribution is 5.94. The third-order valence-corrected chi connectivity index (χ3v) is 4.16. The summed E-state index contributed by atoms with van der Waals surface area (Å²) in [6.45, 7) is 2.77. The average molecular weight is 296 g/mol. The zero-order chi connectivity index (χ0) is 15.5. The molecule has 3 rings (SSSR count). The van der Waals surface area contributed by atoms with Gasteiger partial charge in [-0.1, -0.05) is 18.2 Å². The first-order chi connectivity index (χ1) is 10.7. The molecule has 4 nitrogen and oxygen atoms in total. The van der Waals surface area contributed by atoms with Crippen LogP contribution in [0, 0.1) is 6.92 Å². The molecule has 1 aromatic carbocycles. The summed E-state index contributed by atoms with van der Waals surface area (Å²) in [6, 6.07) is 11.6. The molecule has 1 aromatic heterocycles. The van der Waals surface area contributed by atoms with Crippen molar-refractivity contribution < 1.29 is 9.53 Å². The highest BCUT2D eigenvalue weighted by Gasteiger charge is 2.31. The molecule has 1 amide bonds. The topological polar surface area (TPSA) is 42.4 Å². The van der Waals surface area contributed by atoms with Crippen molar-refractivity contribution in [1.29, 1.82) is 0 Å². The fourth-order valence-electron chi connectivity index (χ4n) is 3.08. The number of hydrogen-bond donors (Lipinski definition) is 0. The minimum atomic E-state index is 0.0940. The second-order valence-electron chi connectivity index (χ2n) is 5.62. The highest BCUT2D eigenvalue weighted by Crippen LogP contribution is 2.34. The second-order valence-corrected chi connectivity index (χ2v) is 5.62.